The highest BCUT2D eigenvalue weighted by Gasteiger charge is 2.17. The SMILES string of the molecule is CC/C=C\C/C=C\C/C=C\C/C=C\C/C=C\CCCCCCCC(=O)NC(CO)C(O)/C=C/CCCCCCCCCCCCCCCCCCCC. The Kier molecular flexibility index (Phi) is 42.4. The molecule has 53 heavy (non-hydrogen) atoms. The maximum atomic E-state index is 12.4. The number of unbranched alkanes of at least 4 members (excludes halogenated alkanes) is 23. The Morgan fingerprint density at radius 3 is 1.25 bits per heavy atom. The molecule has 0 aromatic rings. The number of carbonyl (C=O) groups is 1. The lowest BCUT2D eigenvalue weighted by Gasteiger charge is -2.20. The molecule has 0 aliphatic carbocycles. The van der Waals surface area contributed by atoms with Crippen molar-refractivity contribution in [3.05, 3.63) is 72.9 Å². The third-order valence-electron chi connectivity index (χ3n) is 9.95. The molecule has 0 saturated heterocycles. The van der Waals surface area contributed by atoms with E-state index in [2.05, 4.69) is 79.9 Å². The molecule has 0 saturated carbocycles. The molecule has 0 aliphatic rings. The van der Waals surface area contributed by atoms with Gasteiger partial charge in [-0.15, -0.1) is 0 Å². The largest absolute Gasteiger partial charge is 0.394 e. The number of carbonyl (C=O) groups excluding carboxylic acids is 1. The van der Waals surface area contributed by atoms with Gasteiger partial charge in [-0.1, -0.05) is 215 Å². The molecule has 306 valence electrons. The molecule has 2 unspecified atom stereocenters. The maximum absolute atomic E-state index is 12.4. The van der Waals surface area contributed by atoms with E-state index in [1.165, 1.54) is 122 Å². The van der Waals surface area contributed by atoms with Crippen molar-refractivity contribution in [2.45, 2.75) is 225 Å². The first-order valence-corrected chi connectivity index (χ1v) is 22.7. The van der Waals surface area contributed by atoms with Gasteiger partial charge in [-0.05, 0) is 64.2 Å². The quantitative estimate of drug-likeness (QED) is 0.0433. The lowest BCUT2D eigenvalue weighted by molar-refractivity contribution is -0.123. The van der Waals surface area contributed by atoms with Crippen LogP contribution in [0.15, 0.2) is 72.9 Å². The van der Waals surface area contributed by atoms with Crippen LogP contribution in [-0.4, -0.2) is 34.9 Å². The van der Waals surface area contributed by atoms with Crippen molar-refractivity contribution in [3.63, 3.8) is 0 Å². The van der Waals surface area contributed by atoms with E-state index in [0.717, 1.165) is 70.6 Å². The minimum Gasteiger partial charge on any atom is -0.394 e. The van der Waals surface area contributed by atoms with E-state index in [0.29, 0.717) is 6.42 Å². The Bertz CT molecular complexity index is 930. The van der Waals surface area contributed by atoms with Crippen molar-refractivity contribution in [1.82, 2.24) is 5.32 Å². The molecule has 0 spiro atoms. The number of rotatable bonds is 40. The third-order valence-corrected chi connectivity index (χ3v) is 9.95. The minimum absolute atomic E-state index is 0.0845. The number of allylic oxidation sites excluding steroid dienone is 11. The molecule has 4 nitrogen and oxygen atoms in total. The summed E-state index contributed by atoms with van der Waals surface area (Å²) < 4.78 is 0. The predicted molar refractivity (Wildman–Crippen MR) is 234 cm³/mol. The molecule has 4 heteroatoms. The molecule has 0 aromatic carbocycles. The van der Waals surface area contributed by atoms with Crippen molar-refractivity contribution in [3.8, 4) is 0 Å². The monoisotopic (exact) mass is 738 g/mol. The van der Waals surface area contributed by atoms with E-state index in [4.69, 9.17) is 0 Å². The number of aliphatic hydroxyl groups is 2. The number of hydrogen-bond acceptors (Lipinski definition) is 3. The van der Waals surface area contributed by atoms with Crippen molar-refractivity contribution >= 4 is 5.91 Å². The van der Waals surface area contributed by atoms with Crippen LogP contribution >= 0.6 is 0 Å². The van der Waals surface area contributed by atoms with Crippen molar-refractivity contribution in [2.75, 3.05) is 6.61 Å². The maximum Gasteiger partial charge on any atom is 0.220 e. The molecular weight excluding hydrogens is 651 g/mol. The average Bonchev–Trinajstić information content (AvgIpc) is 3.16. The molecule has 0 fully saturated rings. The lowest BCUT2D eigenvalue weighted by Crippen LogP contribution is -2.45. The summed E-state index contributed by atoms with van der Waals surface area (Å²) in [6.07, 6.45) is 62.9. The normalized spacial score (nSPS) is 13.7. The van der Waals surface area contributed by atoms with Gasteiger partial charge in [0.2, 0.25) is 5.91 Å². The van der Waals surface area contributed by atoms with Gasteiger partial charge in [0.1, 0.15) is 0 Å². The van der Waals surface area contributed by atoms with Crippen LogP contribution in [0.1, 0.15) is 213 Å². The fraction of sp³-hybridized carbons (Fsp3) is 0.735. The van der Waals surface area contributed by atoms with Crippen LogP contribution in [0.5, 0.6) is 0 Å². The molecule has 2 atom stereocenters. The van der Waals surface area contributed by atoms with Crippen LogP contribution in [0.4, 0.5) is 0 Å². The van der Waals surface area contributed by atoms with E-state index in [1.807, 2.05) is 6.08 Å². The van der Waals surface area contributed by atoms with Gasteiger partial charge in [-0.2, -0.15) is 0 Å². The van der Waals surface area contributed by atoms with E-state index >= 15 is 0 Å². The standard InChI is InChI=1S/C49H87NO3/c1-3-5-7-9-11-13-15-17-19-21-23-25-27-29-31-33-35-37-39-41-43-45-49(53)50-47(46-51)48(52)44-42-40-38-36-34-32-30-28-26-24-22-20-18-16-14-12-10-8-6-4-2/h5,7,11,13,17,19,23,25,29,31,42,44,47-48,51-52H,3-4,6,8-10,12,14-16,18,20-22,24,26-28,30,32-41,43,45-46H2,1-2H3,(H,50,53)/b7-5-,13-11-,19-17-,25-23-,31-29-,44-42+. The second-order valence-corrected chi connectivity index (χ2v) is 15.1. The Hall–Kier alpha value is -2.17. The lowest BCUT2D eigenvalue weighted by atomic mass is 10.0. The van der Waals surface area contributed by atoms with Crippen LogP contribution in [0.3, 0.4) is 0 Å². The van der Waals surface area contributed by atoms with Gasteiger partial charge in [0, 0.05) is 6.42 Å². The highest BCUT2D eigenvalue weighted by atomic mass is 16.3. The van der Waals surface area contributed by atoms with Crippen molar-refractivity contribution in [1.29, 1.82) is 0 Å². The molecular formula is C49H87NO3. The fourth-order valence-electron chi connectivity index (χ4n) is 6.50. The molecule has 3 N–H and O–H groups in total. The molecule has 0 aliphatic heterocycles. The summed E-state index contributed by atoms with van der Waals surface area (Å²) in [5.74, 6) is -0.0845. The smallest absolute Gasteiger partial charge is 0.220 e. The molecule has 1 amide bonds. The van der Waals surface area contributed by atoms with Crippen LogP contribution in [0, 0.1) is 0 Å². The molecule has 0 aromatic heterocycles. The zero-order valence-electron chi connectivity index (χ0n) is 35.0. The topological polar surface area (TPSA) is 69.6 Å². The van der Waals surface area contributed by atoms with Crippen molar-refractivity contribution in [2.24, 2.45) is 0 Å². The van der Waals surface area contributed by atoms with Crippen LogP contribution < -0.4 is 5.32 Å². The highest BCUT2D eigenvalue weighted by Crippen LogP contribution is 2.15. The summed E-state index contributed by atoms with van der Waals surface area (Å²) in [5, 5.41) is 23.0. The molecule has 0 bridgehead atoms. The van der Waals surface area contributed by atoms with Crippen LogP contribution in [-0.2, 0) is 4.79 Å². The number of aliphatic hydroxyl groups excluding tert-OH is 2. The molecule has 0 heterocycles. The van der Waals surface area contributed by atoms with Gasteiger partial charge < -0.3 is 15.5 Å². The van der Waals surface area contributed by atoms with E-state index in [9.17, 15) is 15.0 Å². The second kappa shape index (κ2) is 44.2. The Morgan fingerprint density at radius 1 is 0.472 bits per heavy atom. The second-order valence-electron chi connectivity index (χ2n) is 15.1. The van der Waals surface area contributed by atoms with Crippen LogP contribution in [0.25, 0.3) is 0 Å². The summed E-state index contributed by atoms with van der Waals surface area (Å²) in [7, 11) is 0. The van der Waals surface area contributed by atoms with Crippen molar-refractivity contribution < 1.29 is 15.0 Å². The van der Waals surface area contributed by atoms with Gasteiger partial charge in [0.25, 0.3) is 0 Å². The Labute approximate surface area is 329 Å². The fourth-order valence-corrected chi connectivity index (χ4v) is 6.50. The number of amides is 1. The average molecular weight is 738 g/mol. The van der Waals surface area contributed by atoms with E-state index in [-0.39, 0.29) is 12.5 Å². The Morgan fingerprint density at radius 2 is 0.830 bits per heavy atom. The van der Waals surface area contributed by atoms with Gasteiger partial charge in [-0.3, -0.25) is 4.79 Å². The zero-order valence-corrected chi connectivity index (χ0v) is 35.0. The number of nitrogens with one attached hydrogen (secondary N) is 1. The molecule has 0 rings (SSSR count). The highest BCUT2D eigenvalue weighted by molar-refractivity contribution is 5.76. The van der Waals surface area contributed by atoms with Crippen LogP contribution in [0.2, 0.25) is 0 Å². The Balaban J connectivity index is 3.64. The molecule has 0 radical (unpaired) electrons. The van der Waals surface area contributed by atoms with Gasteiger partial charge in [0.15, 0.2) is 0 Å². The summed E-state index contributed by atoms with van der Waals surface area (Å²) in [5.41, 5.74) is 0. The predicted octanol–water partition coefficient (Wildman–Crippen LogP) is 14.3. The van der Waals surface area contributed by atoms with E-state index in [1.54, 1.807) is 6.08 Å². The van der Waals surface area contributed by atoms with Gasteiger partial charge >= 0.3 is 0 Å². The first-order valence-electron chi connectivity index (χ1n) is 22.7. The third kappa shape index (κ3) is 40.8. The minimum atomic E-state index is -0.851. The van der Waals surface area contributed by atoms with E-state index < -0.39 is 12.1 Å². The summed E-state index contributed by atoms with van der Waals surface area (Å²) in [6.45, 7) is 4.19. The summed E-state index contributed by atoms with van der Waals surface area (Å²) in [6, 6.07) is -0.637. The zero-order chi connectivity index (χ0) is 38.6. The first-order chi connectivity index (χ1) is 26.2. The summed E-state index contributed by atoms with van der Waals surface area (Å²) in [4.78, 5) is 12.4. The van der Waals surface area contributed by atoms with Gasteiger partial charge in [0.05, 0.1) is 18.8 Å². The van der Waals surface area contributed by atoms with Gasteiger partial charge in [-0.25, -0.2) is 0 Å². The summed E-state index contributed by atoms with van der Waals surface area (Å²) >= 11 is 0. The number of hydrogen-bond donors (Lipinski definition) is 3. The first kappa shape index (κ1) is 50.8.